The van der Waals surface area contributed by atoms with Crippen LogP contribution in [0.4, 0.5) is 0 Å². The summed E-state index contributed by atoms with van der Waals surface area (Å²) in [6, 6.07) is 13.7. The predicted octanol–water partition coefficient (Wildman–Crippen LogP) is 5.77. The van der Waals surface area contributed by atoms with Crippen LogP contribution >= 0.6 is 11.6 Å². The van der Waals surface area contributed by atoms with E-state index in [0.717, 1.165) is 47.5 Å². The van der Waals surface area contributed by atoms with E-state index in [4.69, 9.17) is 25.8 Å². The van der Waals surface area contributed by atoms with Crippen LogP contribution < -0.4 is 14.2 Å². The number of carbonyl (C=O) groups is 1. The summed E-state index contributed by atoms with van der Waals surface area (Å²) in [5.41, 5.74) is 3.95. The maximum atomic E-state index is 13.7. The minimum absolute atomic E-state index is 0.0170. The number of hydrogen-bond acceptors (Lipinski definition) is 8. The molecule has 1 saturated carbocycles. The van der Waals surface area contributed by atoms with Gasteiger partial charge in [-0.1, -0.05) is 16.8 Å². The molecule has 1 amide bonds. The summed E-state index contributed by atoms with van der Waals surface area (Å²) in [5.74, 6) is 2.10. The van der Waals surface area contributed by atoms with Crippen molar-refractivity contribution in [3.63, 3.8) is 0 Å². The molecule has 2 aromatic heterocycles. The highest BCUT2D eigenvalue weighted by atomic mass is 35.5. The summed E-state index contributed by atoms with van der Waals surface area (Å²) >= 11 is 6.43. The van der Waals surface area contributed by atoms with Gasteiger partial charge in [-0.05, 0) is 82.0 Å². The molecule has 47 heavy (non-hydrogen) atoms. The first-order valence-electron chi connectivity index (χ1n) is 16.4. The zero-order valence-electron chi connectivity index (χ0n) is 27.6. The molecule has 2 fully saturated rings. The summed E-state index contributed by atoms with van der Waals surface area (Å²) < 4.78 is 21.2. The van der Waals surface area contributed by atoms with Crippen molar-refractivity contribution >= 4 is 17.5 Å². The zero-order chi connectivity index (χ0) is 32.9. The van der Waals surface area contributed by atoms with Gasteiger partial charge < -0.3 is 19.1 Å². The molecule has 2 aliphatic heterocycles. The summed E-state index contributed by atoms with van der Waals surface area (Å²) in [6.45, 7) is 6.15. The normalized spacial score (nSPS) is 22.3. The van der Waals surface area contributed by atoms with Crippen molar-refractivity contribution < 1.29 is 19.0 Å². The molecule has 0 N–H and O–H groups in total. The van der Waals surface area contributed by atoms with E-state index < -0.39 is 0 Å². The summed E-state index contributed by atoms with van der Waals surface area (Å²) in [6.07, 6.45) is 7.41. The standard InChI is InChI=1S/C35H42ClN7O4/c1-22-18-41(34(44)28-16-29(40(3)38-28)24-8-10-32(45-4)33(14-24)46-5)19-23(2)42(22)20-26-21-43(39-37-26)30-17-35(12-6-7-13-35)47-31-11-9-25(36)15-27(30)31/h8-11,14-16,21-23,30H,6-7,12-13,17-20H2,1-5H3/t22-,23+,30-/m1/s1. The smallest absolute Gasteiger partial charge is 0.274 e. The van der Waals surface area contributed by atoms with Crippen LogP contribution in [-0.4, -0.2) is 85.5 Å². The van der Waals surface area contributed by atoms with E-state index in [0.29, 0.717) is 41.8 Å². The van der Waals surface area contributed by atoms with Crippen LogP contribution in [0.15, 0.2) is 48.7 Å². The number of carbonyl (C=O) groups excluding carboxylic acids is 1. The fraction of sp³-hybridized carbons (Fsp3) is 0.486. The van der Waals surface area contributed by atoms with Crippen molar-refractivity contribution in [1.82, 2.24) is 34.6 Å². The Kier molecular flexibility index (Phi) is 8.38. The van der Waals surface area contributed by atoms with Gasteiger partial charge >= 0.3 is 0 Å². The second kappa shape index (κ2) is 12.5. The number of fused-ring (bicyclic) bond motifs is 1. The lowest BCUT2D eigenvalue weighted by Gasteiger charge is -2.44. The van der Waals surface area contributed by atoms with Gasteiger partial charge in [-0.25, -0.2) is 4.68 Å². The minimum Gasteiger partial charge on any atom is -0.493 e. The monoisotopic (exact) mass is 659 g/mol. The minimum atomic E-state index is -0.153. The molecule has 0 bridgehead atoms. The van der Waals surface area contributed by atoms with Crippen LogP contribution in [0.2, 0.25) is 5.02 Å². The molecule has 3 atom stereocenters. The van der Waals surface area contributed by atoms with E-state index in [2.05, 4.69) is 40.4 Å². The fourth-order valence-corrected chi connectivity index (χ4v) is 7.91. The second-order valence-electron chi connectivity index (χ2n) is 13.3. The van der Waals surface area contributed by atoms with E-state index in [1.807, 2.05) is 59.1 Å². The summed E-state index contributed by atoms with van der Waals surface area (Å²) in [4.78, 5) is 18.0. The number of halogens is 1. The Balaban J connectivity index is 1.04. The highest BCUT2D eigenvalue weighted by molar-refractivity contribution is 6.30. The topological polar surface area (TPSA) is 99.8 Å². The summed E-state index contributed by atoms with van der Waals surface area (Å²) in [5, 5.41) is 14.5. The van der Waals surface area contributed by atoms with E-state index >= 15 is 0 Å². The molecule has 1 spiro atoms. The van der Waals surface area contributed by atoms with Gasteiger partial charge in [0.15, 0.2) is 17.2 Å². The van der Waals surface area contributed by atoms with Gasteiger partial charge in [0.1, 0.15) is 11.4 Å². The lowest BCUT2D eigenvalue weighted by Crippen LogP contribution is -2.57. The number of nitrogens with zero attached hydrogens (tertiary/aromatic N) is 7. The second-order valence-corrected chi connectivity index (χ2v) is 13.7. The van der Waals surface area contributed by atoms with Crippen LogP contribution in [0.5, 0.6) is 17.2 Å². The molecule has 248 valence electrons. The molecule has 0 unspecified atom stereocenters. The van der Waals surface area contributed by atoms with Crippen molar-refractivity contribution in [3.05, 3.63) is 70.6 Å². The van der Waals surface area contributed by atoms with Crippen molar-refractivity contribution in [2.24, 2.45) is 7.05 Å². The quantitative estimate of drug-likeness (QED) is 0.247. The van der Waals surface area contributed by atoms with Crippen LogP contribution in [0.25, 0.3) is 11.3 Å². The average Bonchev–Trinajstić information content (AvgIpc) is 3.82. The summed E-state index contributed by atoms with van der Waals surface area (Å²) in [7, 11) is 5.06. The molecule has 1 aliphatic carbocycles. The van der Waals surface area contributed by atoms with E-state index in [1.54, 1.807) is 18.9 Å². The Morgan fingerprint density at radius 2 is 1.77 bits per heavy atom. The van der Waals surface area contributed by atoms with Gasteiger partial charge in [-0.2, -0.15) is 5.10 Å². The largest absolute Gasteiger partial charge is 0.493 e. The number of hydrogen-bond donors (Lipinski definition) is 0. The molecule has 4 aromatic rings. The Labute approximate surface area is 280 Å². The van der Waals surface area contributed by atoms with Crippen LogP contribution in [-0.2, 0) is 13.6 Å². The predicted molar refractivity (Wildman–Crippen MR) is 178 cm³/mol. The first-order chi connectivity index (χ1) is 22.7. The Hall–Kier alpha value is -4.09. The molecule has 12 heteroatoms. The molecule has 4 heterocycles. The third-order valence-electron chi connectivity index (χ3n) is 10.1. The Bertz CT molecular complexity index is 1770. The lowest BCUT2D eigenvalue weighted by molar-refractivity contribution is 0.0259. The van der Waals surface area contributed by atoms with Gasteiger partial charge in [0.25, 0.3) is 5.91 Å². The van der Waals surface area contributed by atoms with E-state index in [1.165, 1.54) is 12.8 Å². The number of methoxy groups -OCH3 is 2. The first kappa shape index (κ1) is 31.5. The number of aryl methyl sites for hydroxylation is 1. The van der Waals surface area contributed by atoms with E-state index in [9.17, 15) is 4.79 Å². The molecule has 7 rings (SSSR count). The molecule has 0 radical (unpaired) electrons. The molecule has 3 aliphatic rings. The third-order valence-corrected chi connectivity index (χ3v) is 10.4. The number of aromatic nitrogens is 5. The highest BCUT2D eigenvalue weighted by Gasteiger charge is 2.44. The van der Waals surface area contributed by atoms with Gasteiger partial charge in [-0.15, -0.1) is 5.10 Å². The van der Waals surface area contributed by atoms with Crippen molar-refractivity contribution in [3.8, 4) is 28.5 Å². The molecule has 2 aromatic carbocycles. The van der Waals surface area contributed by atoms with Crippen molar-refractivity contribution in [2.75, 3.05) is 27.3 Å². The van der Waals surface area contributed by atoms with Crippen molar-refractivity contribution in [2.45, 2.75) is 76.2 Å². The Morgan fingerprint density at radius 3 is 2.49 bits per heavy atom. The molecular formula is C35H42ClN7O4. The molecular weight excluding hydrogens is 618 g/mol. The van der Waals surface area contributed by atoms with Gasteiger partial charge in [-0.3, -0.25) is 14.4 Å². The maximum absolute atomic E-state index is 13.7. The fourth-order valence-electron chi connectivity index (χ4n) is 7.73. The zero-order valence-corrected chi connectivity index (χ0v) is 28.4. The third kappa shape index (κ3) is 5.95. The number of piperazine rings is 1. The molecule has 1 saturated heterocycles. The van der Waals surface area contributed by atoms with Gasteiger partial charge in [0.05, 0.1) is 37.8 Å². The lowest BCUT2D eigenvalue weighted by atomic mass is 9.86. The highest BCUT2D eigenvalue weighted by Crippen LogP contribution is 2.49. The van der Waals surface area contributed by atoms with Crippen LogP contribution in [0.1, 0.15) is 73.7 Å². The van der Waals surface area contributed by atoms with Crippen LogP contribution in [0.3, 0.4) is 0 Å². The van der Waals surface area contributed by atoms with Gasteiger partial charge in [0.2, 0.25) is 0 Å². The van der Waals surface area contributed by atoms with Crippen LogP contribution in [0, 0.1) is 0 Å². The first-order valence-corrected chi connectivity index (χ1v) is 16.8. The number of benzene rings is 2. The molecule has 11 nitrogen and oxygen atoms in total. The maximum Gasteiger partial charge on any atom is 0.274 e. The number of amides is 1. The average molecular weight is 660 g/mol. The van der Waals surface area contributed by atoms with E-state index in [-0.39, 0.29) is 29.6 Å². The SMILES string of the molecule is COc1ccc(-c2cc(C(=O)N3C[C@@H](C)N(Cc4cn([C@@H]5CC6(CCCC6)Oc6ccc(Cl)cc65)nn4)[C@@H](C)C3)nn2C)cc1OC. The van der Waals surface area contributed by atoms with Crippen molar-refractivity contribution in [1.29, 1.82) is 0 Å². The van der Waals surface area contributed by atoms with Gasteiger partial charge in [0, 0.05) is 61.3 Å². The number of ether oxygens (including phenoxy) is 3. The number of rotatable bonds is 7. The Morgan fingerprint density at radius 1 is 1.02 bits per heavy atom.